The normalized spacial score (nSPS) is 12.7. The van der Waals surface area contributed by atoms with Gasteiger partial charge in [-0.2, -0.15) is 0 Å². The van der Waals surface area contributed by atoms with E-state index in [4.69, 9.17) is 16.3 Å². The van der Waals surface area contributed by atoms with Crippen LogP contribution in [0.25, 0.3) is 10.9 Å². The molecule has 0 aliphatic rings. The van der Waals surface area contributed by atoms with Gasteiger partial charge in [-0.05, 0) is 31.2 Å². The highest BCUT2D eigenvalue weighted by Crippen LogP contribution is 2.19. The van der Waals surface area contributed by atoms with E-state index in [9.17, 15) is 0 Å². The first-order valence-electron chi connectivity index (χ1n) is 4.87. The maximum absolute atomic E-state index is 5.68. The number of hydrogen-bond acceptors (Lipinski definition) is 2. The summed E-state index contributed by atoms with van der Waals surface area (Å²) in [5.74, 6) is 1.33. The third kappa shape index (κ3) is 2.39. The summed E-state index contributed by atoms with van der Waals surface area (Å²) in [7, 11) is 0. The van der Waals surface area contributed by atoms with Gasteiger partial charge in [0.15, 0.2) is 0 Å². The number of ether oxygens (including phenoxy) is 1. The highest BCUT2D eigenvalue weighted by Gasteiger charge is 2.02. The number of nitrogens with zero attached hydrogens (tertiary/aromatic N) is 1. The van der Waals surface area contributed by atoms with Crippen molar-refractivity contribution in [2.75, 3.05) is 5.88 Å². The molecule has 3 heteroatoms. The lowest BCUT2D eigenvalue weighted by Gasteiger charge is -2.11. The monoisotopic (exact) mass is 221 g/mol. The molecule has 0 aliphatic heterocycles. The van der Waals surface area contributed by atoms with E-state index in [2.05, 4.69) is 4.98 Å². The first kappa shape index (κ1) is 10.2. The second kappa shape index (κ2) is 4.49. The molecule has 0 saturated heterocycles. The average molecular weight is 222 g/mol. The summed E-state index contributed by atoms with van der Waals surface area (Å²) >= 11 is 5.68. The van der Waals surface area contributed by atoms with Gasteiger partial charge in [-0.1, -0.05) is 6.07 Å². The zero-order valence-electron chi connectivity index (χ0n) is 8.48. The van der Waals surface area contributed by atoms with Crippen molar-refractivity contribution in [1.82, 2.24) is 4.98 Å². The van der Waals surface area contributed by atoms with Gasteiger partial charge in [0.1, 0.15) is 11.9 Å². The van der Waals surface area contributed by atoms with E-state index in [-0.39, 0.29) is 6.10 Å². The molecule has 78 valence electrons. The largest absolute Gasteiger partial charge is 0.489 e. The third-order valence-electron chi connectivity index (χ3n) is 2.13. The molecule has 2 rings (SSSR count). The van der Waals surface area contributed by atoms with Crippen LogP contribution in [0, 0.1) is 0 Å². The van der Waals surface area contributed by atoms with Crippen LogP contribution in [0.5, 0.6) is 5.75 Å². The Labute approximate surface area is 93.8 Å². The summed E-state index contributed by atoms with van der Waals surface area (Å²) in [5.41, 5.74) is 0.975. The van der Waals surface area contributed by atoms with Gasteiger partial charge in [0.05, 0.1) is 11.4 Å². The number of hydrogen-bond donors (Lipinski definition) is 0. The van der Waals surface area contributed by atoms with Crippen LogP contribution in [0.15, 0.2) is 36.5 Å². The lowest BCUT2D eigenvalue weighted by atomic mass is 10.2. The number of benzene rings is 1. The molecule has 1 unspecified atom stereocenters. The maximum Gasteiger partial charge on any atom is 0.120 e. The SMILES string of the molecule is CC(CCl)Oc1ccc2ncccc2c1. The van der Waals surface area contributed by atoms with Crippen molar-refractivity contribution in [3.63, 3.8) is 0 Å². The van der Waals surface area contributed by atoms with Gasteiger partial charge in [0, 0.05) is 11.6 Å². The Kier molecular flexibility index (Phi) is 3.07. The van der Waals surface area contributed by atoms with Crippen LogP contribution in [0.4, 0.5) is 0 Å². The molecule has 1 aromatic carbocycles. The summed E-state index contributed by atoms with van der Waals surface area (Å²) in [6, 6.07) is 9.77. The standard InChI is InChI=1S/C12H12ClNO/c1-9(8-13)15-11-4-5-12-10(7-11)3-2-6-14-12/h2-7,9H,8H2,1H3. The minimum absolute atomic E-state index is 0.0285. The van der Waals surface area contributed by atoms with Crippen molar-refractivity contribution in [2.45, 2.75) is 13.0 Å². The molecule has 0 radical (unpaired) electrons. The predicted molar refractivity (Wildman–Crippen MR) is 62.6 cm³/mol. The topological polar surface area (TPSA) is 22.1 Å². The number of fused-ring (bicyclic) bond motifs is 1. The second-order valence-electron chi connectivity index (χ2n) is 3.44. The first-order valence-corrected chi connectivity index (χ1v) is 5.40. The summed E-state index contributed by atoms with van der Waals surface area (Å²) in [6.45, 7) is 1.94. The molecule has 2 aromatic rings. The predicted octanol–water partition coefficient (Wildman–Crippen LogP) is 3.24. The Hall–Kier alpha value is -1.28. The number of aromatic nitrogens is 1. The van der Waals surface area contributed by atoms with Gasteiger partial charge in [-0.3, -0.25) is 4.98 Å². The number of alkyl halides is 1. The van der Waals surface area contributed by atoms with Gasteiger partial charge >= 0.3 is 0 Å². The zero-order chi connectivity index (χ0) is 10.7. The average Bonchev–Trinajstić information content (AvgIpc) is 2.29. The summed E-state index contributed by atoms with van der Waals surface area (Å²) in [5, 5.41) is 1.08. The van der Waals surface area contributed by atoms with Crippen LogP contribution in [0.3, 0.4) is 0 Å². The van der Waals surface area contributed by atoms with Crippen LogP contribution in [0.2, 0.25) is 0 Å². The lowest BCUT2D eigenvalue weighted by molar-refractivity contribution is 0.246. The fourth-order valence-electron chi connectivity index (χ4n) is 1.39. The molecule has 2 nitrogen and oxygen atoms in total. The lowest BCUT2D eigenvalue weighted by Crippen LogP contribution is -2.12. The van der Waals surface area contributed by atoms with Crippen molar-refractivity contribution < 1.29 is 4.74 Å². The van der Waals surface area contributed by atoms with Gasteiger partial charge in [-0.15, -0.1) is 11.6 Å². The number of halogens is 1. The van der Waals surface area contributed by atoms with Crippen molar-refractivity contribution >= 4 is 22.5 Å². The molecule has 0 aliphatic carbocycles. The van der Waals surface area contributed by atoms with Crippen LogP contribution in [-0.2, 0) is 0 Å². The summed E-state index contributed by atoms with van der Waals surface area (Å²) in [4.78, 5) is 4.24. The molecule has 0 bridgehead atoms. The van der Waals surface area contributed by atoms with E-state index in [1.807, 2.05) is 37.3 Å². The molecule has 15 heavy (non-hydrogen) atoms. The highest BCUT2D eigenvalue weighted by atomic mass is 35.5. The molecule has 1 heterocycles. The van der Waals surface area contributed by atoms with Crippen LogP contribution >= 0.6 is 11.6 Å². The van der Waals surface area contributed by atoms with Gasteiger partial charge in [0.25, 0.3) is 0 Å². The van der Waals surface area contributed by atoms with Gasteiger partial charge in [0.2, 0.25) is 0 Å². The van der Waals surface area contributed by atoms with Crippen molar-refractivity contribution in [3.8, 4) is 5.75 Å². The number of pyridine rings is 1. The molecule has 0 fully saturated rings. The van der Waals surface area contributed by atoms with E-state index in [1.165, 1.54) is 0 Å². The fourth-order valence-corrected chi connectivity index (χ4v) is 1.45. The molecule has 0 amide bonds. The Balaban J connectivity index is 2.30. The van der Waals surface area contributed by atoms with Gasteiger partial charge < -0.3 is 4.74 Å². The Morgan fingerprint density at radius 3 is 3.07 bits per heavy atom. The second-order valence-corrected chi connectivity index (χ2v) is 3.75. The molecular weight excluding hydrogens is 210 g/mol. The third-order valence-corrected chi connectivity index (χ3v) is 2.56. The van der Waals surface area contributed by atoms with E-state index in [1.54, 1.807) is 6.20 Å². The molecule has 1 aromatic heterocycles. The Morgan fingerprint density at radius 1 is 1.40 bits per heavy atom. The minimum atomic E-state index is 0.0285. The maximum atomic E-state index is 5.68. The molecule has 0 spiro atoms. The van der Waals surface area contributed by atoms with E-state index < -0.39 is 0 Å². The molecule has 0 N–H and O–H groups in total. The van der Waals surface area contributed by atoms with Crippen LogP contribution in [-0.4, -0.2) is 17.0 Å². The first-order chi connectivity index (χ1) is 7.29. The molecular formula is C12H12ClNO. The van der Waals surface area contributed by atoms with Crippen LogP contribution < -0.4 is 4.74 Å². The number of rotatable bonds is 3. The zero-order valence-corrected chi connectivity index (χ0v) is 9.24. The van der Waals surface area contributed by atoms with Gasteiger partial charge in [-0.25, -0.2) is 0 Å². The highest BCUT2D eigenvalue weighted by molar-refractivity contribution is 6.18. The Morgan fingerprint density at radius 2 is 2.27 bits per heavy atom. The summed E-state index contributed by atoms with van der Waals surface area (Å²) in [6.07, 6.45) is 1.81. The molecule has 1 atom stereocenters. The minimum Gasteiger partial charge on any atom is -0.489 e. The van der Waals surface area contributed by atoms with Crippen molar-refractivity contribution in [3.05, 3.63) is 36.5 Å². The summed E-state index contributed by atoms with van der Waals surface area (Å²) < 4.78 is 5.61. The smallest absolute Gasteiger partial charge is 0.120 e. The van der Waals surface area contributed by atoms with Crippen molar-refractivity contribution in [1.29, 1.82) is 0 Å². The fraction of sp³-hybridized carbons (Fsp3) is 0.250. The molecule has 0 saturated carbocycles. The van der Waals surface area contributed by atoms with E-state index in [0.29, 0.717) is 5.88 Å². The van der Waals surface area contributed by atoms with Crippen LogP contribution in [0.1, 0.15) is 6.92 Å². The quantitative estimate of drug-likeness (QED) is 0.743. The van der Waals surface area contributed by atoms with E-state index in [0.717, 1.165) is 16.7 Å². The van der Waals surface area contributed by atoms with E-state index >= 15 is 0 Å². The van der Waals surface area contributed by atoms with Crippen molar-refractivity contribution in [2.24, 2.45) is 0 Å². The Bertz CT molecular complexity index is 458.